The highest BCUT2D eigenvalue weighted by atomic mass is 19.4. The standard InChI is InChI=1S/C17H16F3N3O2/c1-11-6-7-14(25-11)16(24,17(18,19)20)8-9-21-15-12-4-2-3-5-13(12)22-10-23-15/h2-7,10,24H,8-9H2,1H3,(H,21,22,23). The summed E-state index contributed by atoms with van der Waals surface area (Å²) >= 11 is 0. The number of aromatic nitrogens is 2. The lowest BCUT2D eigenvalue weighted by Gasteiger charge is -2.28. The van der Waals surface area contributed by atoms with Crippen molar-refractivity contribution in [3.8, 4) is 0 Å². The number of hydrogen-bond donors (Lipinski definition) is 2. The van der Waals surface area contributed by atoms with Gasteiger partial charge in [-0.2, -0.15) is 13.2 Å². The maximum Gasteiger partial charge on any atom is 0.424 e. The number of nitrogens with zero attached hydrogens (tertiary/aromatic N) is 2. The lowest BCUT2D eigenvalue weighted by Crippen LogP contribution is -2.43. The van der Waals surface area contributed by atoms with E-state index in [1.165, 1.54) is 19.3 Å². The van der Waals surface area contributed by atoms with Crippen molar-refractivity contribution in [2.75, 3.05) is 11.9 Å². The zero-order valence-electron chi connectivity index (χ0n) is 13.3. The molecule has 0 saturated heterocycles. The van der Waals surface area contributed by atoms with Gasteiger partial charge in [-0.1, -0.05) is 12.1 Å². The average Bonchev–Trinajstić information content (AvgIpc) is 3.01. The van der Waals surface area contributed by atoms with E-state index in [1.807, 2.05) is 0 Å². The van der Waals surface area contributed by atoms with E-state index in [1.54, 1.807) is 24.3 Å². The van der Waals surface area contributed by atoms with Crippen LogP contribution in [-0.2, 0) is 5.60 Å². The van der Waals surface area contributed by atoms with Crippen LogP contribution < -0.4 is 5.32 Å². The maximum absolute atomic E-state index is 13.4. The first kappa shape index (κ1) is 17.2. The second-order valence-corrected chi connectivity index (χ2v) is 5.68. The maximum atomic E-state index is 13.4. The lowest BCUT2D eigenvalue weighted by atomic mass is 9.95. The van der Waals surface area contributed by atoms with Crippen molar-refractivity contribution in [1.82, 2.24) is 9.97 Å². The van der Waals surface area contributed by atoms with E-state index in [-0.39, 0.29) is 6.54 Å². The van der Waals surface area contributed by atoms with Crippen LogP contribution in [0.4, 0.5) is 19.0 Å². The van der Waals surface area contributed by atoms with Gasteiger partial charge in [-0.3, -0.25) is 0 Å². The molecule has 0 aliphatic rings. The molecule has 1 unspecified atom stereocenters. The third-order valence-corrected chi connectivity index (χ3v) is 3.94. The number of para-hydroxylation sites is 1. The van der Waals surface area contributed by atoms with Gasteiger partial charge in [-0.25, -0.2) is 9.97 Å². The van der Waals surface area contributed by atoms with Gasteiger partial charge >= 0.3 is 6.18 Å². The number of aliphatic hydroxyl groups is 1. The van der Waals surface area contributed by atoms with E-state index in [2.05, 4.69) is 15.3 Å². The Bertz CT molecular complexity index is 873. The predicted molar refractivity (Wildman–Crippen MR) is 86.0 cm³/mol. The highest BCUT2D eigenvalue weighted by Gasteiger charge is 2.56. The van der Waals surface area contributed by atoms with Crippen molar-refractivity contribution in [3.63, 3.8) is 0 Å². The van der Waals surface area contributed by atoms with E-state index in [0.29, 0.717) is 22.5 Å². The van der Waals surface area contributed by atoms with Crippen LogP contribution in [0.2, 0.25) is 0 Å². The largest absolute Gasteiger partial charge is 0.463 e. The van der Waals surface area contributed by atoms with Crippen molar-refractivity contribution in [2.24, 2.45) is 0 Å². The lowest BCUT2D eigenvalue weighted by molar-refractivity contribution is -0.274. The molecule has 1 aromatic carbocycles. The van der Waals surface area contributed by atoms with Crippen LogP contribution in [0.15, 0.2) is 47.1 Å². The van der Waals surface area contributed by atoms with Crippen LogP contribution >= 0.6 is 0 Å². The van der Waals surface area contributed by atoms with Gasteiger partial charge in [-0.05, 0) is 31.2 Å². The zero-order valence-corrected chi connectivity index (χ0v) is 13.3. The van der Waals surface area contributed by atoms with Crippen molar-refractivity contribution in [3.05, 3.63) is 54.2 Å². The molecule has 132 valence electrons. The second-order valence-electron chi connectivity index (χ2n) is 5.68. The molecular weight excluding hydrogens is 335 g/mol. The van der Waals surface area contributed by atoms with Gasteiger partial charge in [0.15, 0.2) is 0 Å². The molecule has 25 heavy (non-hydrogen) atoms. The van der Waals surface area contributed by atoms with Crippen molar-refractivity contribution >= 4 is 16.7 Å². The summed E-state index contributed by atoms with van der Waals surface area (Å²) in [4.78, 5) is 8.15. The Hall–Kier alpha value is -2.61. The minimum Gasteiger partial charge on any atom is -0.463 e. The van der Waals surface area contributed by atoms with Crippen LogP contribution in [0.25, 0.3) is 10.9 Å². The highest BCUT2D eigenvalue weighted by molar-refractivity contribution is 5.88. The second kappa shape index (κ2) is 6.36. The summed E-state index contributed by atoms with van der Waals surface area (Å²) in [6, 6.07) is 9.67. The van der Waals surface area contributed by atoms with Crippen molar-refractivity contribution < 1.29 is 22.7 Å². The van der Waals surface area contributed by atoms with E-state index < -0.39 is 24.0 Å². The number of hydrogen-bond acceptors (Lipinski definition) is 5. The zero-order chi connectivity index (χ0) is 18.1. The summed E-state index contributed by atoms with van der Waals surface area (Å²) in [6.45, 7) is 1.36. The smallest absolute Gasteiger partial charge is 0.424 e. The number of nitrogens with one attached hydrogen (secondary N) is 1. The van der Waals surface area contributed by atoms with Gasteiger partial charge in [0.05, 0.1) is 5.52 Å². The monoisotopic (exact) mass is 351 g/mol. The van der Waals surface area contributed by atoms with Gasteiger partial charge in [0, 0.05) is 18.4 Å². The third kappa shape index (κ3) is 3.30. The fraction of sp³-hybridized carbons (Fsp3) is 0.294. The summed E-state index contributed by atoms with van der Waals surface area (Å²) in [5, 5.41) is 13.8. The van der Waals surface area contributed by atoms with Gasteiger partial charge < -0.3 is 14.8 Å². The molecule has 5 nitrogen and oxygen atoms in total. The molecule has 3 rings (SSSR count). The van der Waals surface area contributed by atoms with Gasteiger partial charge in [0.2, 0.25) is 5.60 Å². The quantitative estimate of drug-likeness (QED) is 0.732. The van der Waals surface area contributed by atoms with E-state index in [4.69, 9.17) is 4.42 Å². The number of aryl methyl sites for hydroxylation is 1. The van der Waals surface area contributed by atoms with Crippen LogP contribution in [-0.4, -0.2) is 27.8 Å². The van der Waals surface area contributed by atoms with Gasteiger partial charge in [0.1, 0.15) is 23.7 Å². The Morgan fingerprint density at radius 1 is 1.12 bits per heavy atom. The summed E-state index contributed by atoms with van der Waals surface area (Å²) in [5.41, 5.74) is -2.40. The Labute approximate surface area is 141 Å². The fourth-order valence-electron chi connectivity index (χ4n) is 2.57. The number of anilines is 1. The third-order valence-electron chi connectivity index (χ3n) is 3.94. The molecule has 0 saturated carbocycles. The number of furan rings is 1. The minimum atomic E-state index is -4.87. The topological polar surface area (TPSA) is 71.2 Å². The normalized spacial score (nSPS) is 14.4. The van der Waals surface area contributed by atoms with Gasteiger partial charge in [0.25, 0.3) is 0 Å². The van der Waals surface area contributed by atoms with Crippen molar-refractivity contribution in [1.29, 1.82) is 0 Å². The number of halogens is 3. The average molecular weight is 351 g/mol. The number of rotatable bonds is 5. The molecule has 0 amide bonds. The first-order chi connectivity index (χ1) is 11.8. The van der Waals surface area contributed by atoms with E-state index in [9.17, 15) is 18.3 Å². The van der Waals surface area contributed by atoms with Crippen molar-refractivity contribution in [2.45, 2.75) is 25.1 Å². The molecule has 0 bridgehead atoms. The summed E-state index contributed by atoms with van der Waals surface area (Å²) < 4.78 is 45.3. The summed E-state index contributed by atoms with van der Waals surface area (Å²) in [5.74, 6) is 0.185. The van der Waals surface area contributed by atoms with Crippen LogP contribution in [0.3, 0.4) is 0 Å². The predicted octanol–water partition coefficient (Wildman–Crippen LogP) is 3.78. The molecule has 8 heteroatoms. The Morgan fingerprint density at radius 2 is 1.88 bits per heavy atom. The molecule has 2 aromatic heterocycles. The van der Waals surface area contributed by atoms with E-state index >= 15 is 0 Å². The summed E-state index contributed by atoms with van der Waals surface area (Å²) in [7, 11) is 0. The molecule has 0 aliphatic carbocycles. The minimum absolute atomic E-state index is 0.156. The summed E-state index contributed by atoms with van der Waals surface area (Å²) in [6.07, 6.45) is -4.16. The first-order valence-corrected chi connectivity index (χ1v) is 7.61. The highest BCUT2D eigenvalue weighted by Crippen LogP contribution is 2.42. The Morgan fingerprint density at radius 3 is 2.56 bits per heavy atom. The molecule has 3 aromatic rings. The fourth-order valence-corrected chi connectivity index (χ4v) is 2.57. The Kier molecular flexibility index (Phi) is 4.38. The number of alkyl halides is 3. The molecular formula is C17H16F3N3O2. The number of benzene rings is 1. The molecule has 2 heterocycles. The van der Waals surface area contributed by atoms with E-state index in [0.717, 1.165) is 6.07 Å². The van der Waals surface area contributed by atoms with Crippen LogP contribution in [0.1, 0.15) is 17.9 Å². The first-order valence-electron chi connectivity index (χ1n) is 7.61. The molecule has 2 N–H and O–H groups in total. The number of fused-ring (bicyclic) bond motifs is 1. The van der Waals surface area contributed by atoms with Gasteiger partial charge in [-0.15, -0.1) is 0 Å². The Balaban J connectivity index is 1.80. The molecule has 0 fully saturated rings. The van der Waals surface area contributed by atoms with Crippen LogP contribution in [0, 0.1) is 6.92 Å². The SMILES string of the molecule is Cc1ccc(C(O)(CCNc2ncnc3ccccc23)C(F)(F)F)o1. The molecule has 0 spiro atoms. The molecule has 0 radical (unpaired) electrons. The van der Waals surface area contributed by atoms with Crippen LogP contribution in [0.5, 0.6) is 0 Å². The molecule has 0 aliphatic heterocycles. The molecule has 1 atom stereocenters.